The maximum absolute atomic E-state index is 13.4. The maximum Gasteiger partial charge on any atom is 0.312 e. The van der Waals surface area contributed by atoms with E-state index in [-0.39, 0.29) is 52.2 Å². The number of fused-ring (bicyclic) bond motifs is 7. The molecule has 0 aromatic heterocycles. The van der Waals surface area contributed by atoms with Crippen molar-refractivity contribution < 1.29 is 24.2 Å². The normalized spacial score (nSPS) is 49.1. The lowest BCUT2D eigenvalue weighted by Crippen LogP contribution is -2.68. The van der Waals surface area contributed by atoms with E-state index in [0.717, 1.165) is 64.2 Å². The molecule has 5 nitrogen and oxygen atoms in total. The van der Waals surface area contributed by atoms with Crippen molar-refractivity contribution >= 4 is 11.9 Å². The van der Waals surface area contributed by atoms with Crippen LogP contribution in [0.2, 0.25) is 0 Å². The summed E-state index contributed by atoms with van der Waals surface area (Å²) < 4.78 is 11.4. The standard InChI is InChI=1S/C33H52O5/c1-20(2)22-11-16-32(28(36)37-8)17-18-33(19-34)23(27(22)32)9-10-25-30(6)14-13-26(38-21(3)35)29(4,5)24(30)12-15-31(25,33)7/h22-27,34H,1,9-19H2,2-8H3/t22-,23+,24-,25+,26+,27?,30-,31+,32-,33-/m0/s1. The number of allylic oxidation sites excluding steroid dienone is 1. The molecule has 10 atom stereocenters. The smallest absolute Gasteiger partial charge is 0.312 e. The highest BCUT2D eigenvalue weighted by Crippen LogP contribution is 2.77. The molecule has 5 rings (SSSR count). The van der Waals surface area contributed by atoms with Crippen LogP contribution in [0.15, 0.2) is 12.2 Å². The van der Waals surface area contributed by atoms with E-state index in [1.54, 1.807) is 7.11 Å². The zero-order valence-corrected chi connectivity index (χ0v) is 25.0. The summed E-state index contributed by atoms with van der Waals surface area (Å²) in [6.45, 7) is 17.9. The van der Waals surface area contributed by atoms with Gasteiger partial charge in [0.05, 0.1) is 12.5 Å². The Balaban J connectivity index is 1.55. The Bertz CT molecular complexity index is 1000. The van der Waals surface area contributed by atoms with Gasteiger partial charge in [0.15, 0.2) is 0 Å². The van der Waals surface area contributed by atoms with Gasteiger partial charge in [-0.3, -0.25) is 9.59 Å². The average Bonchev–Trinajstić information content (AvgIpc) is 3.26. The van der Waals surface area contributed by atoms with Crippen LogP contribution in [0.3, 0.4) is 0 Å². The molecular formula is C33H52O5. The minimum absolute atomic E-state index is 0.00472. The lowest BCUT2D eigenvalue weighted by Gasteiger charge is -2.73. The summed E-state index contributed by atoms with van der Waals surface area (Å²) in [7, 11) is 1.55. The molecule has 214 valence electrons. The van der Waals surface area contributed by atoms with Gasteiger partial charge in [0.1, 0.15) is 6.10 Å². The largest absolute Gasteiger partial charge is 0.469 e. The van der Waals surface area contributed by atoms with Crippen LogP contribution in [0.1, 0.15) is 106 Å². The highest BCUT2D eigenvalue weighted by atomic mass is 16.5. The third-order valence-electron chi connectivity index (χ3n) is 13.8. The first kappa shape index (κ1) is 28.2. The molecule has 0 aromatic carbocycles. The topological polar surface area (TPSA) is 72.8 Å². The Hall–Kier alpha value is -1.36. The first-order valence-corrected chi connectivity index (χ1v) is 15.3. The Morgan fingerprint density at radius 2 is 1.61 bits per heavy atom. The van der Waals surface area contributed by atoms with E-state index in [9.17, 15) is 14.7 Å². The number of hydrogen-bond donors (Lipinski definition) is 1. The monoisotopic (exact) mass is 528 g/mol. The van der Waals surface area contributed by atoms with E-state index in [1.807, 2.05) is 0 Å². The second kappa shape index (κ2) is 9.08. The van der Waals surface area contributed by atoms with Crippen LogP contribution in [-0.4, -0.2) is 36.9 Å². The van der Waals surface area contributed by atoms with Crippen molar-refractivity contribution in [3.63, 3.8) is 0 Å². The van der Waals surface area contributed by atoms with Crippen molar-refractivity contribution in [3.05, 3.63) is 12.2 Å². The van der Waals surface area contributed by atoms with Crippen molar-refractivity contribution in [2.45, 2.75) is 112 Å². The van der Waals surface area contributed by atoms with Crippen molar-refractivity contribution in [2.24, 2.45) is 56.7 Å². The van der Waals surface area contributed by atoms with Gasteiger partial charge in [-0.25, -0.2) is 0 Å². The molecule has 0 heterocycles. The van der Waals surface area contributed by atoms with Crippen LogP contribution >= 0.6 is 0 Å². The number of ether oxygens (including phenoxy) is 2. The predicted octanol–water partition coefficient (Wildman–Crippen LogP) is 6.72. The number of aliphatic hydroxyl groups is 1. The zero-order valence-electron chi connectivity index (χ0n) is 25.0. The Labute approximate surface area is 230 Å². The van der Waals surface area contributed by atoms with Gasteiger partial charge in [0, 0.05) is 24.4 Å². The third-order valence-corrected chi connectivity index (χ3v) is 13.8. The average molecular weight is 529 g/mol. The fourth-order valence-electron chi connectivity index (χ4n) is 12.2. The fourth-order valence-corrected chi connectivity index (χ4v) is 12.2. The molecule has 38 heavy (non-hydrogen) atoms. The summed E-state index contributed by atoms with van der Waals surface area (Å²) >= 11 is 0. The summed E-state index contributed by atoms with van der Waals surface area (Å²) in [5.74, 6) is 1.59. The molecule has 1 unspecified atom stereocenters. The molecule has 5 saturated carbocycles. The SMILES string of the molecule is C=C(C)[C@@H]1CC[C@]2(C(=O)OC)CC[C@]3(CO)[C@H](CC[C@@H]4[C@@]5(C)CC[C@@H](OC(C)=O)C(C)(C)[C@@H]5CC[C@]43C)C12. The molecule has 0 aliphatic heterocycles. The first-order chi connectivity index (χ1) is 17.7. The number of hydrogen-bond acceptors (Lipinski definition) is 5. The van der Waals surface area contributed by atoms with Crippen molar-refractivity contribution in [3.8, 4) is 0 Å². The highest BCUT2D eigenvalue weighted by molar-refractivity contribution is 5.78. The number of methoxy groups -OCH3 is 1. The third kappa shape index (κ3) is 3.45. The van der Waals surface area contributed by atoms with E-state index in [2.05, 4.69) is 41.2 Å². The molecule has 0 saturated heterocycles. The summed E-state index contributed by atoms with van der Waals surface area (Å²) in [5, 5.41) is 11.4. The van der Waals surface area contributed by atoms with Crippen LogP contribution in [0.25, 0.3) is 0 Å². The summed E-state index contributed by atoms with van der Waals surface area (Å²) in [4.78, 5) is 25.4. The number of esters is 2. The van der Waals surface area contributed by atoms with Gasteiger partial charge < -0.3 is 14.6 Å². The second-order valence-electron chi connectivity index (χ2n) is 15.2. The van der Waals surface area contributed by atoms with Crippen LogP contribution in [0.4, 0.5) is 0 Å². The minimum atomic E-state index is -0.434. The molecule has 1 N–H and O–H groups in total. The number of carbonyl (C=O) groups excluding carboxylic acids is 2. The molecule has 0 bridgehead atoms. The highest BCUT2D eigenvalue weighted by Gasteiger charge is 2.73. The molecule has 0 spiro atoms. The van der Waals surface area contributed by atoms with Gasteiger partial charge in [-0.2, -0.15) is 0 Å². The van der Waals surface area contributed by atoms with Crippen molar-refractivity contribution in [1.82, 2.24) is 0 Å². The van der Waals surface area contributed by atoms with E-state index in [4.69, 9.17) is 9.47 Å². The maximum atomic E-state index is 13.4. The second-order valence-corrected chi connectivity index (χ2v) is 15.2. The number of aliphatic hydroxyl groups excluding tert-OH is 1. The van der Waals surface area contributed by atoms with Crippen LogP contribution in [0.5, 0.6) is 0 Å². The molecule has 0 radical (unpaired) electrons. The van der Waals surface area contributed by atoms with Gasteiger partial charge >= 0.3 is 11.9 Å². The molecule has 5 aliphatic carbocycles. The van der Waals surface area contributed by atoms with E-state index >= 15 is 0 Å². The van der Waals surface area contributed by atoms with Crippen LogP contribution in [0, 0.1) is 56.7 Å². The first-order valence-electron chi connectivity index (χ1n) is 15.3. The fraction of sp³-hybridized carbons (Fsp3) is 0.879. The van der Waals surface area contributed by atoms with E-state index in [1.165, 1.54) is 12.5 Å². The number of carbonyl (C=O) groups is 2. The molecular weight excluding hydrogens is 476 g/mol. The van der Waals surface area contributed by atoms with E-state index < -0.39 is 5.41 Å². The van der Waals surface area contributed by atoms with Gasteiger partial charge in [0.2, 0.25) is 0 Å². The molecule has 5 heteroatoms. The van der Waals surface area contributed by atoms with Gasteiger partial charge in [-0.1, -0.05) is 39.8 Å². The van der Waals surface area contributed by atoms with Gasteiger partial charge in [-0.05, 0) is 112 Å². The quantitative estimate of drug-likeness (QED) is 0.324. The molecule has 5 fully saturated rings. The molecule has 0 amide bonds. The van der Waals surface area contributed by atoms with Crippen LogP contribution < -0.4 is 0 Å². The Morgan fingerprint density at radius 1 is 0.895 bits per heavy atom. The van der Waals surface area contributed by atoms with E-state index in [0.29, 0.717) is 23.7 Å². The Kier molecular flexibility index (Phi) is 6.73. The Morgan fingerprint density at radius 3 is 2.21 bits per heavy atom. The summed E-state index contributed by atoms with van der Waals surface area (Å²) in [6, 6.07) is 0. The van der Waals surface area contributed by atoms with Crippen LogP contribution in [-0.2, 0) is 19.1 Å². The van der Waals surface area contributed by atoms with Gasteiger partial charge in [-0.15, -0.1) is 0 Å². The minimum Gasteiger partial charge on any atom is -0.469 e. The van der Waals surface area contributed by atoms with Gasteiger partial charge in [0.25, 0.3) is 0 Å². The summed E-state index contributed by atoms with van der Waals surface area (Å²) in [6.07, 6.45) is 9.91. The number of rotatable bonds is 4. The lowest BCUT2D eigenvalue weighted by molar-refractivity contribution is -0.263. The lowest BCUT2D eigenvalue weighted by atomic mass is 9.32. The zero-order chi connectivity index (χ0) is 27.9. The summed E-state index contributed by atoms with van der Waals surface area (Å²) in [5.41, 5.74) is 0.623. The molecule has 5 aliphatic rings. The predicted molar refractivity (Wildman–Crippen MR) is 148 cm³/mol. The van der Waals surface area contributed by atoms with Crippen molar-refractivity contribution in [1.29, 1.82) is 0 Å². The van der Waals surface area contributed by atoms with Crippen molar-refractivity contribution in [2.75, 3.05) is 13.7 Å². The molecule has 0 aromatic rings.